The quantitative estimate of drug-likeness (QED) is 0.709. The van der Waals surface area contributed by atoms with Crippen LogP contribution in [0.1, 0.15) is 5.56 Å². The van der Waals surface area contributed by atoms with Gasteiger partial charge in [-0.25, -0.2) is 4.98 Å². The molecule has 0 aliphatic rings. The minimum Gasteiger partial charge on any atom is -0.431 e. The van der Waals surface area contributed by atoms with E-state index >= 15 is 0 Å². The first-order valence-electron chi connectivity index (χ1n) is 6.95. The van der Waals surface area contributed by atoms with Crippen LogP contribution in [0.5, 0.6) is 0 Å². The molecule has 0 aliphatic carbocycles. The molecular formula is C16H15N3O2S. The Hall–Kier alpha value is -2.34. The fourth-order valence-corrected chi connectivity index (χ4v) is 2.66. The number of hydrogen-bond acceptors (Lipinski definition) is 5. The third kappa shape index (κ3) is 3.85. The third-order valence-corrected chi connectivity index (χ3v) is 3.91. The van der Waals surface area contributed by atoms with Gasteiger partial charge in [0, 0.05) is 18.9 Å². The predicted molar refractivity (Wildman–Crippen MR) is 85.7 cm³/mol. The number of benzene rings is 1. The van der Waals surface area contributed by atoms with Crippen LogP contribution in [0.15, 0.2) is 58.4 Å². The Kier molecular flexibility index (Phi) is 4.70. The van der Waals surface area contributed by atoms with Crippen molar-refractivity contribution in [1.29, 1.82) is 0 Å². The van der Waals surface area contributed by atoms with Gasteiger partial charge in [0.2, 0.25) is 5.91 Å². The van der Waals surface area contributed by atoms with E-state index in [0.29, 0.717) is 17.5 Å². The number of thioether (sulfide) groups is 1. The molecule has 0 atom stereocenters. The molecule has 22 heavy (non-hydrogen) atoms. The van der Waals surface area contributed by atoms with Gasteiger partial charge in [-0.1, -0.05) is 23.9 Å². The van der Waals surface area contributed by atoms with Gasteiger partial charge in [-0.3, -0.25) is 9.78 Å². The standard InChI is InChI=1S/C16H15N3O2S/c20-15(18-10-7-12-5-8-17-9-6-12)11-22-16-19-13-3-1-2-4-14(13)21-16/h1-6,8-9H,7,10-11H2,(H,18,20). The van der Waals surface area contributed by atoms with Gasteiger partial charge in [-0.15, -0.1) is 0 Å². The summed E-state index contributed by atoms with van der Waals surface area (Å²) in [5.74, 6) is 0.268. The fraction of sp³-hybridized carbons (Fsp3) is 0.188. The summed E-state index contributed by atoms with van der Waals surface area (Å²) in [5.41, 5.74) is 2.70. The van der Waals surface area contributed by atoms with Gasteiger partial charge in [0.05, 0.1) is 5.75 Å². The van der Waals surface area contributed by atoms with E-state index in [-0.39, 0.29) is 5.91 Å². The Bertz CT molecular complexity index is 725. The lowest BCUT2D eigenvalue weighted by molar-refractivity contribution is -0.118. The molecule has 0 saturated carbocycles. The number of amides is 1. The van der Waals surface area contributed by atoms with E-state index in [0.717, 1.165) is 23.1 Å². The molecule has 0 aliphatic heterocycles. The molecule has 0 fully saturated rings. The van der Waals surface area contributed by atoms with Crippen molar-refractivity contribution in [3.63, 3.8) is 0 Å². The average Bonchev–Trinajstić information content (AvgIpc) is 2.97. The highest BCUT2D eigenvalue weighted by atomic mass is 32.2. The zero-order valence-electron chi connectivity index (χ0n) is 11.9. The second-order valence-electron chi connectivity index (χ2n) is 4.69. The highest BCUT2D eigenvalue weighted by Gasteiger charge is 2.08. The number of carbonyl (C=O) groups is 1. The van der Waals surface area contributed by atoms with Crippen LogP contribution in [0, 0.1) is 0 Å². The van der Waals surface area contributed by atoms with E-state index in [1.807, 2.05) is 36.4 Å². The summed E-state index contributed by atoms with van der Waals surface area (Å²) in [4.78, 5) is 20.1. The number of para-hydroxylation sites is 2. The zero-order chi connectivity index (χ0) is 15.2. The molecule has 1 amide bonds. The molecular weight excluding hydrogens is 298 g/mol. The van der Waals surface area contributed by atoms with Crippen molar-refractivity contribution >= 4 is 28.8 Å². The average molecular weight is 313 g/mol. The van der Waals surface area contributed by atoms with E-state index in [2.05, 4.69) is 15.3 Å². The summed E-state index contributed by atoms with van der Waals surface area (Å²) in [6.07, 6.45) is 4.29. The highest BCUT2D eigenvalue weighted by Crippen LogP contribution is 2.22. The first-order chi connectivity index (χ1) is 10.8. The predicted octanol–water partition coefficient (Wildman–Crippen LogP) is 2.67. The van der Waals surface area contributed by atoms with Crippen LogP contribution >= 0.6 is 11.8 Å². The smallest absolute Gasteiger partial charge is 0.257 e. The second kappa shape index (κ2) is 7.09. The van der Waals surface area contributed by atoms with E-state index in [9.17, 15) is 4.79 Å². The minimum atomic E-state index is -0.0266. The van der Waals surface area contributed by atoms with Gasteiger partial charge in [-0.2, -0.15) is 0 Å². The molecule has 112 valence electrons. The SMILES string of the molecule is O=C(CSc1nc2ccccc2o1)NCCc1ccncc1. The largest absolute Gasteiger partial charge is 0.431 e. The molecule has 0 saturated heterocycles. The lowest BCUT2D eigenvalue weighted by Gasteiger charge is -2.03. The number of aromatic nitrogens is 2. The molecule has 0 bridgehead atoms. The summed E-state index contributed by atoms with van der Waals surface area (Å²) in [5, 5.41) is 3.40. The number of fused-ring (bicyclic) bond motifs is 1. The van der Waals surface area contributed by atoms with Gasteiger partial charge < -0.3 is 9.73 Å². The minimum absolute atomic E-state index is 0.0266. The molecule has 1 aromatic carbocycles. The second-order valence-corrected chi connectivity index (χ2v) is 5.62. The first-order valence-corrected chi connectivity index (χ1v) is 7.94. The van der Waals surface area contributed by atoms with Crippen molar-refractivity contribution in [1.82, 2.24) is 15.3 Å². The number of rotatable bonds is 6. The van der Waals surface area contributed by atoms with E-state index in [4.69, 9.17) is 4.42 Å². The zero-order valence-corrected chi connectivity index (χ0v) is 12.7. The Balaban J connectivity index is 1.44. The Morgan fingerprint density at radius 1 is 1.18 bits per heavy atom. The van der Waals surface area contributed by atoms with Crippen LogP contribution in [-0.2, 0) is 11.2 Å². The Labute approximate surface area is 132 Å². The maximum absolute atomic E-state index is 11.8. The van der Waals surface area contributed by atoms with Gasteiger partial charge in [0.25, 0.3) is 5.22 Å². The molecule has 1 N–H and O–H groups in total. The van der Waals surface area contributed by atoms with Gasteiger partial charge >= 0.3 is 0 Å². The van der Waals surface area contributed by atoms with E-state index < -0.39 is 0 Å². The maximum Gasteiger partial charge on any atom is 0.257 e. The molecule has 0 unspecified atom stereocenters. The van der Waals surface area contributed by atoms with Gasteiger partial charge in [0.1, 0.15) is 5.52 Å². The highest BCUT2D eigenvalue weighted by molar-refractivity contribution is 7.99. The molecule has 5 nitrogen and oxygen atoms in total. The number of pyridine rings is 1. The number of nitrogens with zero attached hydrogens (tertiary/aromatic N) is 2. The number of hydrogen-bond donors (Lipinski definition) is 1. The van der Waals surface area contributed by atoms with Crippen LogP contribution in [0.4, 0.5) is 0 Å². The molecule has 0 spiro atoms. The normalized spacial score (nSPS) is 10.7. The summed E-state index contributed by atoms with van der Waals surface area (Å²) in [7, 11) is 0. The number of nitrogens with one attached hydrogen (secondary N) is 1. The first kappa shape index (κ1) is 14.6. The van der Waals surface area contributed by atoms with Crippen molar-refractivity contribution in [3.8, 4) is 0 Å². The van der Waals surface area contributed by atoms with Gasteiger partial charge in [-0.05, 0) is 36.2 Å². The summed E-state index contributed by atoms with van der Waals surface area (Å²) in [6.45, 7) is 0.608. The van der Waals surface area contributed by atoms with Crippen LogP contribution in [0.2, 0.25) is 0 Å². The van der Waals surface area contributed by atoms with Crippen LogP contribution < -0.4 is 5.32 Å². The van der Waals surface area contributed by atoms with Crippen molar-refractivity contribution < 1.29 is 9.21 Å². The fourth-order valence-electron chi connectivity index (χ4n) is 1.99. The number of carbonyl (C=O) groups excluding carboxylic acids is 1. The van der Waals surface area contributed by atoms with Crippen molar-refractivity contribution in [2.75, 3.05) is 12.3 Å². The van der Waals surface area contributed by atoms with Crippen LogP contribution in [0.25, 0.3) is 11.1 Å². The van der Waals surface area contributed by atoms with Crippen molar-refractivity contribution in [3.05, 3.63) is 54.4 Å². The monoisotopic (exact) mass is 313 g/mol. The van der Waals surface area contributed by atoms with E-state index in [1.165, 1.54) is 11.8 Å². The van der Waals surface area contributed by atoms with Crippen molar-refractivity contribution in [2.45, 2.75) is 11.6 Å². The molecule has 3 aromatic rings. The molecule has 0 radical (unpaired) electrons. The molecule has 3 rings (SSSR count). The summed E-state index contributed by atoms with van der Waals surface area (Å²) in [6, 6.07) is 11.4. The van der Waals surface area contributed by atoms with E-state index in [1.54, 1.807) is 12.4 Å². The topological polar surface area (TPSA) is 68.0 Å². The van der Waals surface area contributed by atoms with Crippen LogP contribution in [-0.4, -0.2) is 28.2 Å². The van der Waals surface area contributed by atoms with Crippen LogP contribution in [0.3, 0.4) is 0 Å². The third-order valence-electron chi connectivity index (χ3n) is 3.09. The number of oxazole rings is 1. The molecule has 6 heteroatoms. The molecule has 2 heterocycles. The lowest BCUT2D eigenvalue weighted by Crippen LogP contribution is -2.27. The summed E-state index contributed by atoms with van der Waals surface area (Å²) < 4.78 is 5.56. The van der Waals surface area contributed by atoms with Crippen molar-refractivity contribution in [2.24, 2.45) is 0 Å². The Morgan fingerprint density at radius 3 is 2.82 bits per heavy atom. The van der Waals surface area contributed by atoms with Gasteiger partial charge in [0.15, 0.2) is 5.58 Å². The Morgan fingerprint density at radius 2 is 2.00 bits per heavy atom. The summed E-state index contributed by atoms with van der Waals surface area (Å²) >= 11 is 1.30. The maximum atomic E-state index is 11.8. The molecule has 2 aromatic heterocycles. The lowest BCUT2D eigenvalue weighted by atomic mass is 10.2.